The molecule has 0 aromatic heterocycles. The van der Waals surface area contributed by atoms with Gasteiger partial charge in [-0.3, -0.25) is 9.59 Å². The van der Waals surface area contributed by atoms with Gasteiger partial charge in [0.1, 0.15) is 0 Å². The summed E-state index contributed by atoms with van der Waals surface area (Å²) in [6, 6.07) is 14.5. The van der Waals surface area contributed by atoms with Gasteiger partial charge < -0.3 is 19.6 Å². The Bertz CT molecular complexity index is 1040. The summed E-state index contributed by atoms with van der Waals surface area (Å²) >= 11 is 0. The number of hydrogen-bond acceptors (Lipinski definition) is 4. The maximum atomic E-state index is 13.2. The molecule has 0 N–H and O–H groups in total. The number of amides is 2. The van der Waals surface area contributed by atoms with E-state index in [1.807, 2.05) is 34.1 Å². The molecule has 6 heteroatoms. The van der Waals surface area contributed by atoms with Gasteiger partial charge in [-0.25, -0.2) is 0 Å². The molecule has 3 heterocycles. The summed E-state index contributed by atoms with van der Waals surface area (Å²) in [6.07, 6.45) is 4.05. The van der Waals surface area contributed by atoms with E-state index in [-0.39, 0.29) is 17.9 Å². The normalized spacial score (nSPS) is 21.5. The van der Waals surface area contributed by atoms with Crippen LogP contribution in [0.3, 0.4) is 0 Å². The van der Waals surface area contributed by atoms with Crippen molar-refractivity contribution >= 4 is 23.2 Å². The molecule has 3 saturated heterocycles. The second-order valence-corrected chi connectivity index (χ2v) is 10.1. The second kappa shape index (κ2) is 9.79. The molecule has 0 bridgehead atoms. The van der Waals surface area contributed by atoms with Crippen molar-refractivity contribution in [1.29, 1.82) is 0 Å². The van der Waals surface area contributed by atoms with E-state index in [2.05, 4.69) is 41.8 Å². The highest BCUT2D eigenvalue weighted by Gasteiger charge is 2.34. The number of likely N-dealkylation sites (tertiary alicyclic amines) is 1. The van der Waals surface area contributed by atoms with Crippen molar-refractivity contribution in [3.05, 3.63) is 59.2 Å². The molecular weight excluding hydrogens is 424 g/mol. The molecule has 3 aliphatic heterocycles. The molecule has 6 nitrogen and oxygen atoms in total. The number of carbonyl (C=O) groups is 2. The fourth-order valence-corrected chi connectivity index (χ4v) is 5.79. The molecule has 2 aromatic rings. The zero-order valence-corrected chi connectivity index (χ0v) is 20.5. The van der Waals surface area contributed by atoms with E-state index >= 15 is 0 Å². The molecule has 2 aromatic carbocycles. The smallest absolute Gasteiger partial charge is 0.253 e. The van der Waals surface area contributed by atoms with Crippen molar-refractivity contribution in [2.45, 2.75) is 45.6 Å². The Morgan fingerprint density at radius 2 is 1.62 bits per heavy atom. The second-order valence-electron chi connectivity index (χ2n) is 10.1. The summed E-state index contributed by atoms with van der Waals surface area (Å²) in [5.74, 6) is 0.277. The van der Waals surface area contributed by atoms with Crippen LogP contribution in [0, 0.1) is 13.8 Å². The van der Waals surface area contributed by atoms with Gasteiger partial charge in [-0.15, -0.1) is 0 Å². The van der Waals surface area contributed by atoms with Crippen LogP contribution in [-0.4, -0.2) is 73.5 Å². The lowest BCUT2D eigenvalue weighted by Crippen LogP contribution is -2.49. The van der Waals surface area contributed by atoms with Gasteiger partial charge in [0.15, 0.2) is 0 Å². The average molecular weight is 461 g/mol. The number of nitrogens with zero attached hydrogens (tertiary/aromatic N) is 4. The first-order valence-corrected chi connectivity index (χ1v) is 12.8. The number of rotatable bonds is 5. The van der Waals surface area contributed by atoms with Crippen molar-refractivity contribution in [3.63, 3.8) is 0 Å². The third kappa shape index (κ3) is 4.69. The van der Waals surface area contributed by atoms with Crippen molar-refractivity contribution in [3.8, 4) is 0 Å². The molecule has 180 valence electrons. The van der Waals surface area contributed by atoms with Gasteiger partial charge in [0.25, 0.3) is 5.91 Å². The van der Waals surface area contributed by atoms with Crippen LogP contribution in [0.25, 0.3) is 0 Å². The number of benzene rings is 2. The Balaban J connectivity index is 1.21. The van der Waals surface area contributed by atoms with Gasteiger partial charge in [-0.1, -0.05) is 17.7 Å². The van der Waals surface area contributed by atoms with Crippen LogP contribution in [0.5, 0.6) is 0 Å². The van der Waals surface area contributed by atoms with E-state index in [1.54, 1.807) is 0 Å². The Morgan fingerprint density at radius 1 is 0.912 bits per heavy atom. The summed E-state index contributed by atoms with van der Waals surface area (Å²) in [6.45, 7) is 10.6. The lowest BCUT2D eigenvalue weighted by molar-refractivity contribution is -0.117. The summed E-state index contributed by atoms with van der Waals surface area (Å²) in [7, 11) is 0. The van der Waals surface area contributed by atoms with Crippen molar-refractivity contribution in [1.82, 2.24) is 9.80 Å². The maximum Gasteiger partial charge on any atom is 0.253 e. The highest BCUT2D eigenvalue weighted by atomic mass is 16.2. The maximum absolute atomic E-state index is 13.2. The predicted molar refractivity (Wildman–Crippen MR) is 137 cm³/mol. The summed E-state index contributed by atoms with van der Waals surface area (Å²) in [5.41, 5.74) is 5.45. The van der Waals surface area contributed by atoms with E-state index in [1.165, 1.54) is 29.7 Å². The van der Waals surface area contributed by atoms with Crippen molar-refractivity contribution < 1.29 is 9.59 Å². The third-order valence-electron chi connectivity index (χ3n) is 7.65. The van der Waals surface area contributed by atoms with Gasteiger partial charge in [0, 0.05) is 56.1 Å². The Kier molecular flexibility index (Phi) is 6.59. The van der Waals surface area contributed by atoms with E-state index in [4.69, 9.17) is 0 Å². The monoisotopic (exact) mass is 460 g/mol. The molecule has 2 amide bonds. The number of hydrogen-bond donors (Lipinski definition) is 0. The minimum Gasteiger partial charge on any atom is -0.368 e. The molecule has 5 rings (SSSR count). The van der Waals surface area contributed by atoms with Gasteiger partial charge in [0.2, 0.25) is 5.91 Å². The van der Waals surface area contributed by atoms with Crippen LogP contribution in [0.1, 0.15) is 47.2 Å². The SMILES string of the molecule is Cc1ccc(N2CCN(C(=O)c3ccc(N4C(=O)CC[C@H]4CN4CCCC4)cc3)CC2)c(C)c1. The van der Waals surface area contributed by atoms with E-state index in [0.717, 1.165) is 57.9 Å². The Labute approximate surface area is 203 Å². The first-order chi connectivity index (χ1) is 16.5. The highest BCUT2D eigenvalue weighted by molar-refractivity contribution is 5.98. The van der Waals surface area contributed by atoms with Crippen LogP contribution < -0.4 is 9.80 Å². The molecule has 0 saturated carbocycles. The molecule has 0 spiro atoms. The molecular formula is C28H36N4O2. The summed E-state index contributed by atoms with van der Waals surface area (Å²) in [4.78, 5) is 34.6. The predicted octanol–water partition coefficient (Wildman–Crippen LogP) is 3.86. The van der Waals surface area contributed by atoms with Crippen LogP contribution in [-0.2, 0) is 4.79 Å². The zero-order valence-electron chi connectivity index (χ0n) is 20.5. The topological polar surface area (TPSA) is 47.1 Å². The largest absolute Gasteiger partial charge is 0.368 e. The van der Waals surface area contributed by atoms with E-state index in [0.29, 0.717) is 12.0 Å². The van der Waals surface area contributed by atoms with Crippen LogP contribution >= 0.6 is 0 Å². The fourth-order valence-electron chi connectivity index (χ4n) is 5.79. The number of anilines is 2. The first-order valence-electron chi connectivity index (χ1n) is 12.8. The third-order valence-corrected chi connectivity index (χ3v) is 7.65. The van der Waals surface area contributed by atoms with Gasteiger partial charge in [-0.2, -0.15) is 0 Å². The fraction of sp³-hybridized carbons (Fsp3) is 0.500. The van der Waals surface area contributed by atoms with E-state index < -0.39 is 0 Å². The standard InChI is InChI=1S/C28H36N4O2/c1-21-5-11-26(22(2)19-21)30-15-17-31(18-16-30)28(34)23-6-8-24(9-7-23)32-25(10-12-27(32)33)20-29-13-3-4-14-29/h5-9,11,19,25H,3-4,10,12-18,20H2,1-2H3/t25-/m0/s1. The number of aryl methyl sites for hydroxylation is 2. The van der Waals surface area contributed by atoms with Crippen molar-refractivity contribution in [2.24, 2.45) is 0 Å². The quantitative estimate of drug-likeness (QED) is 0.680. The van der Waals surface area contributed by atoms with Crippen LogP contribution in [0.2, 0.25) is 0 Å². The number of carbonyl (C=O) groups excluding carboxylic acids is 2. The molecule has 34 heavy (non-hydrogen) atoms. The molecule has 3 fully saturated rings. The Hall–Kier alpha value is -2.86. The number of piperazine rings is 1. The van der Waals surface area contributed by atoms with Crippen molar-refractivity contribution in [2.75, 3.05) is 55.6 Å². The summed E-state index contributed by atoms with van der Waals surface area (Å²) in [5, 5.41) is 0. The first kappa shape index (κ1) is 22.9. The Morgan fingerprint density at radius 3 is 2.29 bits per heavy atom. The van der Waals surface area contributed by atoms with Crippen LogP contribution in [0.4, 0.5) is 11.4 Å². The lowest BCUT2D eigenvalue weighted by atomic mass is 10.1. The molecule has 0 unspecified atom stereocenters. The van der Waals surface area contributed by atoms with Gasteiger partial charge in [-0.05, 0) is 82.1 Å². The van der Waals surface area contributed by atoms with Gasteiger partial charge >= 0.3 is 0 Å². The molecule has 0 aliphatic carbocycles. The van der Waals surface area contributed by atoms with Gasteiger partial charge in [0.05, 0.1) is 6.04 Å². The molecule has 0 radical (unpaired) electrons. The lowest BCUT2D eigenvalue weighted by Gasteiger charge is -2.37. The molecule has 3 aliphatic rings. The van der Waals surface area contributed by atoms with Crippen LogP contribution in [0.15, 0.2) is 42.5 Å². The minimum absolute atomic E-state index is 0.0770. The zero-order chi connectivity index (χ0) is 23.7. The average Bonchev–Trinajstić information content (AvgIpc) is 3.49. The van der Waals surface area contributed by atoms with E-state index in [9.17, 15) is 9.59 Å². The summed E-state index contributed by atoms with van der Waals surface area (Å²) < 4.78 is 0. The minimum atomic E-state index is 0.0770. The molecule has 1 atom stereocenters. The highest BCUT2D eigenvalue weighted by Crippen LogP contribution is 2.29.